The highest BCUT2D eigenvalue weighted by molar-refractivity contribution is 7.80. The summed E-state index contributed by atoms with van der Waals surface area (Å²) in [7, 11) is 0. The van der Waals surface area contributed by atoms with Crippen molar-refractivity contribution in [3.8, 4) is 0 Å². The zero-order chi connectivity index (χ0) is 16.1. The van der Waals surface area contributed by atoms with Crippen LogP contribution >= 0.6 is 35.4 Å². The van der Waals surface area contributed by atoms with Crippen molar-refractivity contribution in [2.24, 2.45) is 5.41 Å². The van der Waals surface area contributed by atoms with Crippen molar-refractivity contribution in [2.45, 2.75) is 32.7 Å². The third-order valence-corrected chi connectivity index (χ3v) is 4.80. The second-order valence-corrected chi connectivity index (χ2v) is 7.78. The predicted octanol–water partition coefficient (Wildman–Crippen LogP) is 4.16. The molecule has 0 bridgehead atoms. The molecule has 0 saturated heterocycles. The number of hydrogen-bond donors (Lipinski definition) is 2. The van der Waals surface area contributed by atoms with Crippen LogP contribution in [0.3, 0.4) is 0 Å². The molecule has 0 fully saturated rings. The van der Waals surface area contributed by atoms with Crippen LogP contribution in [0.2, 0.25) is 10.0 Å². The average molecular weight is 355 g/mol. The van der Waals surface area contributed by atoms with Crippen LogP contribution < -0.4 is 10.6 Å². The van der Waals surface area contributed by atoms with Gasteiger partial charge >= 0.3 is 0 Å². The van der Waals surface area contributed by atoms with Gasteiger partial charge in [-0.2, -0.15) is 0 Å². The summed E-state index contributed by atoms with van der Waals surface area (Å²) in [6.07, 6.45) is 1.31. The van der Waals surface area contributed by atoms with Gasteiger partial charge in [-0.25, -0.2) is 0 Å². The van der Waals surface area contributed by atoms with Gasteiger partial charge in [-0.15, -0.1) is 0 Å². The molecule has 0 radical (unpaired) electrons. The molecule has 1 aliphatic heterocycles. The summed E-state index contributed by atoms with van der Waals surface area (Å²) < 4.78 is 0. The summed E-state index contributed by atoms with van der Waals surface area (Å²) in [6.45, 7) is 4.18. The van der Waals surface area contributed by atoms with Crippen LogP contribution in [-0.2, 0) is 4.79 Å². The SMILES string of the molecule is CC1(C)CC(=O)C2=C(C1)NC(=S)NC2c1ccc(Cl)cc1Cl. The van der Waals surface area contributed by atoms with Gasteiger partial charge in [-0.1, -0.05) is 43.1 Å². The van der Waals surface area contributed by atoms with Crippen molar-refractivity contribution in [3.63, 3.8) is 0 Å². The summed E-state index contributed by atoms with van der Waals surface area (Å²) in [5.41, 5.74) is 2.39. The molecule has 0 amide bonds. The van der Waals surface area contributed by atoms with E-state index in [-0.39, 0.29) is 17.2 Å². The minimum absolute atomic E-state index is 0.0653. The van der Waals surface area contributed by atoms with E-state index in [1.807, 2.05) is 6.07 Å². The summed E-state index contributed by atoms with van der Waals surface area (Å²) in [5, 5.41) is 7.92. The number of rotatable bonds is 1. The first kappa shape index (κ1) is 15.8. The highest BCUT2D eigenvalue weighted by atomic mass is 35.5. The largest absolute Gasteiger partial charge is 0.351 e. The number of carbonyl (C=O) groups is 1. The molecule has 3 rings (SSSR count). The number of carbonyl (C=O) groups excluding carboxylic acids is 1. The normalized spacial score (nSPS) is 23.7. The van der Waals surface area contributed by atoms with E-state index < -0.39 is 0 Å². The van der Waals surface area contributed by atoms with E-state index in [4.69, 9.17) is 35.4 Å². The van der Waals surface area contributed by atoms with Gasteiger partial charge in [0.2, 0.25) is 0 Å². The molecule has 1 heterocycles. The maximum atomic E-state index is 12.7. The first-order valence-corrected chi connectivity index (χ1v) is 8.22. The first-order valence-electron chi connectivity index (χ1n) is 7.05. The Morgan fingerprint density at radius 3 is 2.68 bits per heavy atom. The number of halogens is 2. The van der Waals surface area contributed by atoms with E-state index >= 15 is 0 Å². The number of ketones is 1. The van der Waals surface area contributed by atoms with Crippen molar-refractivity contribution >= 4 is 46.3 Å². The molecule has 6 heteroatoms. The van der Waals surface area contributed by atoms with Gasteiger partial charge in [0.25, 0.3) is 0 Å². The molecule has 0 spiro atoms. The molecule has 0 saturated carbocycles. The number of Topliss-reactive ketones (excluding diaryl/α,β-unsaturated/α-hetero) is 1. The minimum atomic E-state index is -0.322. The standard InChI is InChI=1S/C16H16Cl2N2OS/c1-16(2)6-11-13(12(21)7-16)14(20-15(22)19-11)9-4-3-8(17)5-10(9)18/h3-5,14H,6-7H2,1-2H3,(H2,19,20,22). The van der Waals surface area contributed by atoms with E-state index in [9.17, 15) is 4.79 Å². The van der Waals surface area contributed by atoms with E-state index in [0.29, 0.717) is 21.6 Å². The molecule has 1 atom stereocenters. The Morgan fingerprint density at radius 2 is 2.00 bits per heavy atom. The third-order valence-electron chi connectivity index (χ3n) is 4.02. The zero-order valence-corrected chi connectivity index (χ0v) is 14.6. The summed E-state index contributed by atoms with van der Waals surface area (Å²) in [4.78, 5) is 12.7. The van der Waals surface area contributed by atoms with Crippen LogP contribution in [0.15, 0.2) is 29.5 Å². The molecular weight excluding hydrogens is 339 g/mol. The lowest BCUT2D eigenvalue weighted by atomic mass is 9.73. The lowest BCUT2D eigenvalue weighted by Crippen LogP contribution is -2.48. The Kier molecular flexibility index (Phi) is 3.96. The number of benzene rings is 1. The molecule has 1 aromatic rings. The van der Waals surface area contributed by atoms with Gasteiger partial charge in [0.15, 0.2) is 10.9 Å². The van der Waals surface area contributed by atoms with Crippen LogP contribution in [0.1, 0.15) is 38.3 Å². The Hall–Kier alpha value is -1.10. The van der Waals surface area contributed by atoms with E-state index in [2.05, 4.69) is 24.5 Å². The molecule has 1 aromatic carbocycles. The summed E-state index contributed by atoms with van der Waals surface area (Å²) in [5.74, 6) is 0.129. The molecule has 22 heavy (non-hydrogen) atoms. The van der Waals surface area contributed by atoms with Crippen molar-refractivity contribution in [1.82, 2.24) is 10.6 Å². The maximum Gasteiger partial charge on any atom is 0.171 e. The van der Waals surface area contributed by atoms with Crippen molar-refractivity contribution in [2.75, 3.05) is 0 Å². The lowest BCUT2D eigenvalue weighted by molar-refractivity contribution is -0.118. The van der Waals surface area contributed by atoms with Crippen LogP contribution in [0.5, 0.6) is 0 Å². The molecule has 1 aliphatic carbocycles. The molecule has 116 valence electrons. The van der Waals surface area contributed by atoms with Gasteiger partial charge in [-0.3, -0.25) is 4.79 Å². The Labute approximate surface area is 145 Å². The molecule has 0 aromatic heterocycles. The van der Waals surface area contributed by atoms with E-state index in [0.717, 1.165) is 23.3 Å². The van der Waals surface area contributed by atoms with E-state index in [1.165, 1.54) is 0 Å². The highest BCUT2D eigenvalue weighted by Gasteiger charge is 2.40. The Bertz CT molecular complexity index is 712. The number of allylic oxidation sites excluding steroid dienone is 1. The van der Waals surface area contributed by atoms with E-state index in [1.54, 1.807) is 12.1 Å². The smallest absolute Gasteiger partial charge is 0.171 e. The Balaban J connectivity index is 2.11. The number of thiocarbonyl (C=S) groups is 1. The van der Waals surface area contributed by atoms with Gasteiger partial charge in [0.1, 0.15) is 0 Å². The average Bonchev–Trinajstić information content (AvgIpc) is 2.35. The molecule has 2 N–H and O–H groups in total. The fourth-order valence-corrected chi connectivity index (χ4v) is 3.89. The second-order valence-electron chi connectivity index (χ2n) is 6.53. The second kappa shape index (κ2) is 5.52. The van der Waals surface area contributed by atoms with Gasteiger partial charge in [0, 0.05) is 27.7 Å². The first-order chi connectivity index (χ1) is 10.3. The molecular formula is C16H16Cl2N2OS. The summed E-state index contributed by atoms with van der Waals surface area (Å²) >= 11 is 17.6. The molecule has 1 unspecified atom stereocenters. The Morgan fingerprint density at radius 1 is 1.27 bits per heavy atom. The van der Waals surface area contributed by atoms with Crippen LogP contribution in [0, 0.1) is 5.41 Å². The van der Waals surface area contributed by atoms with Gasteiger partial charge < -0.3 is 10.6 Å². The fourth-order valence-electron chi connectivity index (χ4n) is 3.13. The number of nitrogens with one attached hydrogen (secondary N) is 2. The molecule has 3 nitrogen and oxygen atoms in total. The van der Waals surface area contributed by atoms with Crippen LogP contribution in [0.4, 0.5) is 0 Å². The minimum Gasteiger partial charge on any atom is -0.351 e. The van der Waals surface area contributed by atoms with Crippen LogP contribution in [-0.4, -0.2) is 10.9 Å². The monoisotopic (exact) mass is 354 g/mol. The van der Waals surface area contributed by atoms with Crippen molar-refractivity contribution in [3.05, 3.63) is 45.1 Å². The van der Waals surface area contributed by atoms with Crippen molar-refractivity contribution in [1.29, 1.82) is 0 Å². The van der Waals surface area contributed by atoms with Crippen molar-refractivity contribution < 1.29 is 4.79 Å². The highest BCUT2D eigenvalue weighted by Crippen LogP contribution is 2.42. The predicted molar refractivity (Wildman–Crippen MR) is 93.1 cm³/mol. The zero-order valence-electron chi connectivity index (χ0n) is 12.3. The third kappa shape index (κ3) is 2.87. The molecule has 2 aliphatic rings. The number of hydrogen-bond acceptors (Lipinski definition) is 2. The van der Waals surface area contributed by atoms with Gasteiger partial charge in [0.05, 0.1) is 6.04 Å². The van der Waals surface area contributed by atoms with Gasteiger partial charge in [-0.05, 0) is 41.7 Å². The fraction of sp³-hybridized carbons (Fsp3) is 0.375. The lowest BCUT2D eigenvalue weighted by Gasteiger charge is -2.39. The topological polar surface area (TPSA) is 41.1 Å². The quantitative estimate of drug-likeness (QED) is 0.743. The summed E-state index contributed by atoms with van der Waals surface area (Å²) in [6, 6.07) is 4.97. The van der Waals surface area contributed by atoms with Crippen LogP contribution in [0.25, 0.3) is 0 Å². The maximum absolute atomic E-state index is 12.7.